The number of nitrogens with zero attached hydrogens (tertiary/aromatic N) is 3. The molecule has 1 aromatic heterocycles. The number of benzene rings is 2. The highest BCUT2D eigenvalue weighted by Gasteiger charge is 2.13. The first-order chi connectivity index (χ1) is 15.2. The van der Waals surface area contributed by atoms with Crippen LogP contribution in [0.1, 0.15) is 17.0 Å². The highest BCUT2D eigenvalue weighted by molar-refractivity contribution is 5.77. The van der Waals surface area contributed by atoms with E-state index in [4.69, 9.17) is 4.74 Å². The van der Waals surface area contributed by atoms with Crippen molar-refractivity contribution < 1.29 is 13.9 Å². The Balaban J connectivity index is 1.34. The molecule has 0 bridgehead atoms. The number of halogens is 1. The van der Waals surface area contributed by atoms with Gasteiger partial charge in [0.05, 0.1) is 19.6 Å². The number of morpholine rings is 1. The molecule has 1 aliphatic rings. The van der Waals surface area contributed by atoms with E-state index in [9.17, 15) is 9.18 Å². The molecular formula is C24H25FN4O2. The predicted octanol–water partition coefficient (Wildman–Crippen LogP) is 2.97. The Labute approximate surface area is 181 Å². The van der Waals surface area contributed by atoms with E-state index in [-0.39, 0.29) is 18.1 Å². The molecule has 1 saturated heterocycles. The molecule has 0 saturated carbocycles. The van der Waals surface area contributed by atoms with Gasteiger partial charge in [0.25, 0.3) is 0 Å². The third kappa shape index (κ3) is 5.93. The van der Waals surface area contributed by atoms with Gasteiger partial charge in [-0.15, -0.1) is 0 Å². The molecule has 6 nitrogen and oxygen atoms in total. The standard InChI is InChI=1S/C24H25FN4O2/c25-22-12-19(17-29-8-10-31-11-9-29)6-7-21(22)20-15-26-23(27-16-20)13-24(30)28-14-18-4-2-1-3-5-18/h1-7,12,15-16H,8-11,13-14,17H2,(H,28,30). The molecule has 31 heavy (non-hydrogen) atoms. The summed E-state index contributed by atoms with van der Waals surface area (Å²) < 4.78 is 20.1. The second kappa shape index (κ2) is 10.2. The van der Waals surface area contributed by atoms with Crippen LogP contribution in [0.5, 0.6) is 0 Å². The highest BCUT2D eigenvalue weighted by Crippen LogP contribution is 2.23. The molecule has 3 aromatic rings. The van der Waals surface area contributed by atoms with Crippen molar-refractivity contribution in [2.75, 3.05) is 26.3 Å². The van der Waals surface area contributed by atoms with E-state index in [1.54, 1.807) is 24.5 Å². The molecule has 160 valence electrons. The summed E-state index contributed by atoms with van der Waals surface area (Å²) in [7, 11) is 0. The van der Waals surface area contributed by atoms with Gasteiger partial charge >= 0.3 is 0 Å². The van der Waals surface area contributed by atoms with E-state index in [0.717, 1.165) is 24.2 Å². The topological polar surface area (TPSA) is 67.4 Å². The minimum atomic E-state index is -0.303. The van der Waals surface area contributed by atoms with Gasteiger partial charge in [0.2, 0.25) is 5.91 Å². The van der Waals surface area contributed by atoms with Crippen LogP contribution in [0, 0.1) is 5.82 Å². The van der Waals surface area contributed by atoms with E-state index in [1.165, 1.54) is 0 Å². The molecule has 4 rings (SSSR count). The van der Waals surface area contributed by atoms with Crippen LogP contribution in [0.25, 0.3) is 11.1 Å². The van der Waals surface area contributed by atoms with Crippen molar-refractivity contribution in [3.05, 3.63) is 83.7 Å². The second-order valence-corrected chi connectivity index (χ2v) is 7.53. The Hall–Kier alpha value is -3.16. The summed E-state index contributed by atoms with van der Waals surface area (Å²) in [5.74, 6) is -0.0587. The Morgan fingerprint density at radius 2 is 1.77 bits per heavy atom. The van der Waals surface area contributed by atoms with Crippen LogP contribution in [-0.2, 0) is 29.0 Å². The third-order valence-corrected chi connectivity index (χ3v) is 5.21. The summed E-state index contributed by atoms with van der Waals surface area (Å²) >= 11 is 0. The van der Waals surface area contributed by atoms with Gasteiger partial charge in [0.1, 0.15) is 11.6 Å². The lowest BCUT2D eigenvalue weighted by Crippen LogP contribution is -2.35. The van der Waals surface area contributed by atoms with Crippen LogP contribution in [0.2, 0.25) is 0 Å². The number of carbonyl (C=O) groups is 1. The minimum Gasteiger partial charge on any atom is -0.379 e. The molecule has 0 atom stereocenters. The molecule has 2 aromatic carbocycles. The van der Waals surface area contributed by atoms with Gasteiger partial charge in [-0.3, -0.25) is 9.69 Å². The highest BCUT2D eigenvalue weighted by atomic mass is 19.1. The SMILES string of the molecule is O=C(Cc1ncc(-c2ccc(CN3CCOCC3)cc2F)cn1)NCc1ccccc1. The fraction of sp³-hybridized carbons (Fsp3) is 0.292. The molecule has 1 fully saturated rings. The smallest absolute Gasteiger partial charge is 0.227 e. The first-order valence-corrected chi connectivity index (χ1v) is 10.4. The summed E-state index contributed by atoms with van der Waals surface area (Å²) in [4.78, 5) is 22.9. The zero-order valence-electron chi connectivity index (χ0n) is 17.3. The van der Waals surface area contributed by atoms with Crippen molar-refractivity contribution in [2.45, 2.75) is 19.5 Å². The van der Waals surface area contributed by atoms with E-state index in [1.807, 2.05) is 36.4 Å². The van der Waals surface area contributed by atoms with Gasteiger partial charge < -0.3 is 10.1 Å². The molecular weight excluding hydrogens is 395 g/mol. The average molecular weight is 420 g/mol. The second-order valence-electron chi connectivity index (χ2n) is 7.53. The van der Waals surface area contributed by atoms with Crippen LogP contribution >= 0.6 is 0 Å². The van der Waals surface area contributed by atoms with Gasteiger partial charge in [-0.2, -0.15) is 0 Å². The van der Waals surface area contributed by atoms with Crippen molar-refractivity contribution in [1.82, 2.24) is 20.2 Å². The monoisotopic (exact) mass is 420 g/mol. The van der Waals surface area contributed by atoms with Crippen LogP contribution in [-0.4, -0.2) is 47.1 Å². The van der Waals surface area contributed by atoms with Crippen LogP contribution < -0.4 is 5.32 Å². The summed E-state index contributed by atoms with van der Waals surface area (Å²) in [6, 6.07) is 14.9. The summed E-state index contributed by atoms with van der Waals surface area (Å²) in [6.07, 6.45) is 3.20. The Morgan fingerprint density at radius 3 is 2.48 bits per heavy atom. The van der Waals surface area contributed by atoms with Crippen molar-refractivity contribution in [2.24, 2.45) is 0 Å². The maximum Gasteiger partial charge on any atom is 0.227 e. The number of nitrogens with one attached hydrogen (secondary N) is 1. The van der Waals surface area contributed by atoms with Gasteiger partial charge in [-0.05, 0) is 17.2 Å². The molecule has 0 spiro atoms. The molecule has 2 heterocycles. The molecule has 0 radical (unpaired) electrons. The normalized spacial score (nSPS) is 14.4. The van der Waals surface area contributed by atoms with Gasteiger partial charge in [-0.1, -0.05) is 42.5 Å². The lowest BCUT2D eigenvalue weighted by atomic mass is 10.1. The number of carbonyl (C=O) groups excluding carboxylic acids is 1. The van der Waals surface area contributed by atoms with E-state index in [0.29, 0.717) is 43.3 Å². The lowest BCUT2D eigenvalue weighted by Gasteiger charge is -2.26. The fourth-order valence-electron chi connectivity index (χ4n) is 3.50. The van der Waals surface area contributed by atoms with Crippen molar-refractivity contribution in [3.8, 4) is 11.1 Å². The van der Waals surface area contributed by atoms with Gasteiger partial charge in [0.15, 0.2) is 0 Å². The Bertz CT molecular complexity index is 1010. The van der Waals surface area contributed by atoms with Crippen LogP contribution in [0.4, 0.5) is 4.39 Å². The molecule has 0 unspecified atom stereocenters. The molecule has 1 amide bonds. The van der Waals surface area contributed by atoms with Gasteiger partial charge in [0, 0.05) is 49.7 Å². The third-order valence-electron chi connectivity index (χ3n) is 5.21. The number of hydrogen-bond donors (Lipinski definition) is 1. The molecule has 1 aliphatic heterocycles. The van der Waals surface area contributed by atoms with Crippen molar-refractivity contribution in [3.63, 3.8) is 0 Å². The Morgan fingerprint density at radius 1 is 1.03 bits per heavy atom. The van der Waals surface area contributed by atoms with Crippen LogP contribution in [0.3, 0.4) is 0 Å². The van der Waals surface area contributed by atoms with E-state index >= 15 is 0 Å². The van der Waals surface area contributed by atoms with E-state index < -0.39 is 0 Å². The quantitative estimate of drug-likeness (QED) is 0.637. The number of aromatic nitrogens is 2. The number of amides is 1. The number of hydrogen-bond acceptors (Lipinski definition) is 5. The van der Waals surface area contributed by atoms with E-state index in [2.05, 4.69) is 20.2 Å². The number of ether oxygens (including phenoxy) is 1. The maximum atomic E-state index is 14.7. The maximum absolute atomic E-state index is 14.7. The summed E-state index contributed by atoms with van der Waals surface area (Å²) in [5, 5.41) is 2.85. The van der Waals surface area contributed by atoms with Gasteiger partial charge in [-0.25, -0.2) is 14.4 Å². The molecule has 7 heteroatoms. The zero-order valence-corrected chi connectivity index (χ0v) is 17.3. The predicted molar refractivity (Wildman–Crippen MR) is 116 cm³/mol. The zero-order chi connectivity index (χ0) is 21.5. The lowest BCUT2D eigenvalue weighted by molar-refractivity contribution is -0.120. The average Bonchev–Trinajstić information content (AvgIpc) is 2.80. The summed E-state index contributed by atoms with van der Waals surface area (Å²) in [5.41, 5.74) is 2.99. The largest absolute Gasteiger partial charge is 0.379 e. The first kappa shape index (κ1) is 21.1. The fourth-order valence-corrected chi connectivity index (χ4v) is 3.50. The van der Waals surface area contributed by atoms with Crippen molar-refractivity contribution >= 4 is 5.91 Å². The van der Waals surface area contributed by atoms with Crippen LogP contribution in [0.15, 0.2) is 60.9 Å². The Kier molecular flexibility index (Phi) is 6.96. The number of rotatable bonds is 7. The molecule has 0 aliphatic carbocycles. The molecule has 1 N–H and O–H groups in total. The van der Waals surface area contributed by atoms with Crippen molar-refractivity contribution in [1.29, 1.82) is 0 Å². The minimum absolute atomic E-state index is 0.0775. The first-order valence-electron chi connectivity index (χ1n) is 10.4. The summed E-state index contributed by atoms with van der Waals surface area (Å²) in [6.45, 7) is 4.31.